The van der Waals surface area contributed by atoms with Gasteiger partial charge in [-0.2, -0.15) is 0 Å². The summed E-state index contributed by atoms with van der Waals surface area (Å²) in [7, 11) is 0. The molecule has 4 rings (SSSR count). The first-order valence-electron chi connectivity index (χ1n) is 6.82. The van der Waals surface area contributed by atoms with Crippen LogP contribution in [0.3, 0.4) is 0 Å². The summed E-state index contributed by atoms with van der Waals surface area (Å²) in [5, 5.41) is 6.78. The molecule has 19 heavy (non-hydrogen) atoms. The van der Waals surface area contributed by atoms with Crippen molar-refractivity contribution in [2.24, 2.45) is 0 Å². The van der Waals surface area contributed by atoms with Crippen LogP contribution < -0.4 is 10.1 Å². The van der Waals surface area contributed by atoms with E-state index in [-0.39, 0.29) is 0 Å². The second-order valence-electron chi connectivity index (χ2n) is 5.22. The van der Waals surface area contributed by atoms with Crippen LogP contribution in [0.1, 0.15) is 24.1 Å². The molecule has 2 heterocycles. The third kappa shape index (κ3) is 2.38. The predicted octanol–water partition coefficient (Wildman–Crippen LogP) is 3.00. The zero-order valence-electron chi connectivity index (χ0n) is 10.7. The highest BCUT2D eigenvalue weighted by molar-refractivity contribution is 7.13. The SMILES string of the molecule is c1cc2c(cc1-c1nc(CNC3CC3)cs1)CCO2. The van der Waals surface area contributed by atoms with Gasteiger partial charge in [0, 0.05) is 30.0 Å². The van der Waals surface area contributed by atoms with Gasteiger partial charge in [-0.3, -0.25) is 0 Å². The van der Waals surface area contributed by atoms with Crippen molar-refractivity contribution < 1.29 is 4.74 Å². The van der Waals surface area contributed by atoms with Crippen LogP contribution in [0.15, 0.2) is 23.6 Å². The molecule has 0 saturated heterocycles. The lowest BCUT2D eigenvalue weighted by Gasteiger charge is -2.01. The van der Waals surface area contributed by atoms with E-state index < -0.39 is 0 Å². The first-order chi connectivity index (χ1) is 9.38. The van der Waals surface area contributed by atoms with Crippen molar-refractivity contribution in [2.45, 2.75) is 31.8 Å². The molecule has 2 aromatic rings. The number of nitrogens with one attached hydrogen (secondary N) is 1. The van der Waals surface area contributed by atoms with Crippen LogP contribution in [-0.2, 0) is 13.0 Å². The Kier molecular flexibility index (Phi) is 2.78. The van der Waals surface area contributed by atoms with Crippen LogP contribution >= 0.6 is 11.3 Å². The largest absolute Gasteiger partial charge is 0.493 e. The molecule has 0 unspecified atom stereocenters. The second kappa shape index (κ2) is 4.62. The summed E-state index contributed by atoms with van der Waals surface area (Å²) in [5.41, 5.74) is 3.68. The number of aromatic nitrogens is 1. The van der Waals surface area contributed by atoms with Gasteiger partial charge in [-0.15, -0.1) is 11.3 Å². The Labute approximate surface area is 116 Å². The van der Waals surface area contributed by atoms with Crippen LogP contribution in [0.25, 0.3) is 10.6 Å². The summed E-state index contributed by atoms with van der Waals surface area (Å²) in [4.78, 5) is 4.72. The first kappa shape index (κ1) is 11.4. The molecule has 1 N–H and O–H groups in total. The normalized spacial score (nSPS) is 17.3. The van der Waals surface area contributed by atoms with Gasteiger partial charge >= 0.3 is 0 Å². The maximum absolute atomic E-state index is 5.54. The van der Waals surface area contributed by atoms with E-state index >= 15 is 0 Å². The molecular formula is C15H16N2OS. The average Bonchev–Trinajstić information content (AvgIpc) is 2.96. The molecule has 1 aliphatic carbocycles. The number of thiazole rings is 1. The van der Waals surface area contributed by atoms with Crippen LogP contribution in [0.5, 0.6) is 5.75 Å². The monoisotopic (exact) mass is 272 g/mol. The number of benzene rings is 1. The van der Waals surface area contributed by atoms with Crippen molar-refractivity contribution in [3.8, 4) is 16.3 Å². The molecule has 98 valence electrons. The summed E-state index contributed by atoms with van der Waals surface area (Å²) >= 11 is 1.73. The smallest absolute Gasteiger partial charge is 0.123 e. The highest BCUT2D eigenvalue weighted by Gasteiger charge is 2.20. The van der Waals surface area contributed by atoms with Crippen molar-refractivity contribution in [1.29, 1.82) is 0 Å². The maximum Gasteiger partial charge on any atom is 0.123 e. The van der Waals surface area contributed by atoms with Crippen LogP contribution in [0, 0.1) is 0 Å². The van der Waals surface area contributed by atoms with Gasteiger partial charge < -0.3 is 10.1 Å². The molecule has 0 spiro atoms. The number of nitrogens with zero attached hydrogens (tertiary/aromatic N) is 1. The molecular weight excluding hydrogens is 256 g/mol. The molecule has 1 aromatic carbocycles. The van der Waals surface area contributed by atoms with Gasteiger partial charge in [-0.25, -0.2) is 4.98 Å². The van der Waals surface area contributed by atoms with E-state index in [1.54, 1.807) is 11.3 Å². The van der Waals surface area contributed by atoms with E-state index in [2.05, 4.69) is 28.9 Å². The Morgan fingerprint density at radius 1 is 1.37 bits per heavy atom. The number of fused-ring (bicyclic) bond motifs is 1. The summed E-state index contributed by atoms with van der Waals surface area (Å²) in [6.07, 6.45) is 3.66. The van der Waals surface area contributed by atoms with E-state index in [0.717, 1.165) is 42.1 Å². The molecule has 2 aliphatic rings. The van der Waals surface area contributed by atoms with Crippen molar-refractivity contribution in [2.75, 3.05) is 6.61 Å². The Hall–Kier alpha value is -1.39. The Morgan fingerprint density at radius 2 is 2.32 bits per heavy atom. The quantitative estimate of drug-likeness (QED) is 0.929. The highest BCUT2D eigenvalue weighted by atomic mass is 32.1. The van der Waals surface area contributed by atoms with E-state index in [9.17, 15) is 0 Å². The highest BCUT2D eigenvalue weighted by Crippen LogP contribution is 2.32. The standard InChI is InChI=1S/C15H16N2OS/c1-4-14-10(5-6-18-14)7-11(1)15-17-13(9-19-15)8-16-12-2-3-12/h1,4,7,9,12,16H,2-3,5-6,8H2. The predicted molar refractivity (Wildman–Crippen MR) is 76.6 cm³/mol. The van der Waals surface area contributed by atoms with Crippen LogP contribution in [0.2, 0.25) is 0 Å². The fourth-order valence-electron chi connectivity index (χ4n) is 2.38. The summed E-state index contributed by atoms with van der Waals surface area (Å²) in [5.74, 6) is 1.04. The lowest BCUT2D eigenvalue weighted by molar-refractivity contribution is 0.357. The van der Waals surface area contributed by atoms with Crippen molar-refractivity contribution in [3.63, 3.8) is 0 Å². The molecule has 0 amide bonds. The zero-order chi connectivity index (χ0) is 12.7. The summed E-state index contributed by atoms with van der Waals surface area (Å²) in [6, 6.07) is 7.14. The molecule has 1 aromatic heterocycles. The van der Waals surface area contributed by atoms with E-state index in [1.807, 2.05) is 0 Å². The fraction of sp³-hybridized carbons (Fsp3) is 0.400. The van der Waals surface area contributed by atoms with Crippen LogP contribution in [0.4, 0.5) is 0 Å². The van der Waals surface area contributed by atoms with Crippen molar-refractivity contribution >= 4 is 11.3 Å². The van der Waals surface area contributed by atoms with Gasteiger partial charge in [0.1, 0.15) is 10.8 Å². The molecule has 1 fully saturated rings. The van der Waals surface area contributed by atoms with Crippen molar-refractivity contribution in [3.05, 3.63) is 34.8 Å². The Balaban J connectivity index is 1.54. The average molecular weight is 272 g/mol. The van der Waals surface area contributed by atoms with Gasteiger partial charge in [0.15, 0.2) is 0 Å². The maximum atomic E-state index is 5.54. The minimum atomic E-state index is 0.738. The van der Waals surface area contributed by atoms with Gasteiger partial charge in [0.25, 0.3) is 0 Å². The van der Waals surface area contributed by atoms with E-state index in [4.69, 9.17) is 9.72 Å². The van der Waals surface area contributed by atoms with Gasteiger partial charge in [0.05, 0.1) is 12.3 Å². The van der Waals surface area contributed by atoms with Crippen molar-refractivity contribution in [1.82, 2.24) is 10.3 Å². The molecule has 1 aliphatic heterocycles. The van der Waals surface area contributed by atoms with Crippen LogP contribution in [-0.4, -0.2) is 17.6 Å². The molecule has 0 radical (unpaired) electrons. The number of ether oxygens (including phenoxy) is 1. The Morgan fingerprint density at radius 3 is 3.21 bits per heavy atom. The lowest BCUT2D eigenvalue weighted by atomic mass is 10.1. The van der Waals surface area contributed by atoms with Gasteiger partial charge in [0.2, 0.25) is 0 Å². The molecule has 1 saturated carbocycles. The topological polar surface area (TPSA) is 34.2 Å². The summed E-state index contributed by atoms with van der Waals surface area (Å²) in [6.45, 7) is 1.71. The molecule has 0 bridgehead atoms. The summed E-state index contributed by atoms with van der Waals surface area (Å²) < 4.78 is 5.54. The lowest BCUT2D eigenvalue weighted by Crippen LogP contribution is -2.15. The zero-order valence-corrected chi connectivity index (χ0v) is 11.5. The van der Waals surface area contributed by atoms with Gasteiger partial charge in [-0.05, 0) is 36.6 Å². The molecule has 4 heteroatoms. The second-order valence-corrected chi connectivity index (χ2v) is 6.08. The Bertz CT molecular complexity index is 604. The van der Waals surface area contributed by atoms with E-state index in [0.29, 0.717) is 0 Å². The molecule has 0 atom stereocenters. The minimum absolute atomic E-state index is 0.738. The molecule has 3 nitrogen and oxygen atoms in total. The van der Waals surface area contributed by atoms with Gasteiger partial charge in [-0.1, -0.05) is 0 Å². The third-order valence-electron chi connectivity index (χ3n) is 3.64. The fourth-order valence-corrected chi connectivity index (χ4v) is 3.19. The first-order valence-corrected chi connectivity index (χ1v) is 7.70. The van der Waals surface area contributed by atoms with E-state index in [1.165, 1.54) is 24.0 Å². The minimum Gasteiger partial charge on any atom is -0.493 e. The number of rotatable bonds is 4. The number of hydrogen-bond acceptors (Lipinski definition) is 4. The number of hydrogen-bond donors (Lipinski definition) is 1. The third-order valence-corrected chi connectivity index (χ3v) is 4.58.